The maximum Gasteiger partial charge on any atom is 0.357 e. The number of hydrogen-bond acceptors (Lipinski definition) is 5. The summed E-state index contributed by atoms with van der Waals surface area (Å²) in [5, 5.41) is 11.9. The molecule has 1 heterocycles. The Hall–Kier alpha value is -0.620. The van der Waals surface area contributed by atoms with Gasteiger partial charge >= 0.3 is 13.6 Å². The molecular weight excluding hydrogens is 235 g/mol. The molecule has 2 N–H and O–H groups in total. The topological polar surface area (TPSA) is 88.1 Å². The van der Waals surface area contributed by atoms with Crippen LogP contribution in [0, 0.1) is 0 Å². The summed E-state index contributed by atoms with van der Waals surface area (Å²) in [7, 11) is -2.09. The van der Waals surface area contributed by atoms with E-state index in [1.54, 1.807) is 13.8 Å². The van der Waals surface area contributed by atoms with Crippen molar-refractivity contribution in [3.8, 4) is 0 Å². The summed E-state index contributed by atoms with van der Waals surface area (Å²) in [4.78, 5) is 12.4. The summed E-state index contributed by atoms with van der Waals surface area (Å²) < 4.78 is 22.5. The quantitative estimate of drug-likeness (QED) is 0.698. The van der Waals surface area contributed by atoms with Crippen molar-refractivity contribution in [2.24, 2.45) is 0 Å². The molecule has 1 aliphatic rings. The highest BCUT2D eigenvalue weighted by atomic mass is 31.2. The van der Waals surface area contributed by atoms with Gasteiger partial charge in [-0.05, 0) is 13.8 Å². The van der Waals surface area contributed by atoms with Crippen LogP contribution in [0.1, 0.15) is 13.8 Å². The lowest BCUT2D eigenvalue weighted by molar-refractivity contribution is 0.116. The van der Waals surface area contributed by atoms with Gasteiger partial charge in [-0.25, -0.2) is 4.79 Å². The molecule has 0 aliphatic carbocycles. The van der Waals surface area contributed by atoms with Crippen LogP contribution in [0.5, 0.6) is 0 Å². The highest BCUT2D eigenvalue weighted by Gasteiger charge is 2.50. The molecule has 2 atom stereocenters. The predicted molar refractivity (Wildman–Crippen MR) is 56.9 cm³/mol. The van der Waals surface area contributed by atoms with Gasteiger partial charge in [0.1, 0.15) is 0 Å². The van der Waals surface area contributed by atoms with Gasteiger partial charge in [0.15, 0.2) is 12.0 Å². The molecular formula is C8H17N2O5P. The summed E-state index contributed by atoms with van der Waals surface area (Å²) in [5.41, 5.74) is 0. The van der Waals surface area contributed by atoms with Crippen molar-refractivity contribution < 1.29 is 23.5 Å². The number of hydrogen-bond donors (Lipinski definition) is 2. The summed E-state index contributed by atoms with van der Waals surface area (Å²) >= 11 is 0. The fraction of sp³-hybridized carbons (Fsp3) is 0.875. The Labute approximate surface area is 94.2 Å². The van der Waals surface area contributed by atoms with Gasteiger partial charge < -0.3 is 24.4 Å². The second kappa shape index (κ2) is 5.14. The number of carbonyl (C=O) groups is 1. The number of aliphatic hydroxyl groups is 1. The van der Waals surface area contributed by atoms with Crippen LogP contribution >= 0.6 is 7.60 Å². The summed E-state index contributed by atoms with van der Waals surface area (Å²) in [6, 6.07) is -0.503. The Morgan fingerprint density at radius 1 is 1.44 bits per heavy atom. The highest BCUT2D eigenvalue weighted by molar-refractivity contribution is 7.54. The van der Waals surface area contributed by atoms with E-state index in [0.717, 1.165) is 4.90 Å². The minimum absolute atomic E-state index is 0.183. The molecule has 0 radical (unpaired) electrons. The first-order valence-corrected chi connectivity index (χ1v) is 6.67. The zero-order valence-electron chi connectivity index (χ0n) is 9.54. The molecule has 94 valence electrons. The first kappa shape index (κ1) is 13.4. The number of likely N-dealkylation sites (N-methyl/N-ethyl adjacent to an activating group) is 1. The summed E-state index contributed by atoms with van der Waals surface area (Å²) in [5.74, 6) is -1.00. The van der Waals surface area contributed by atoms with Crippen molar-refractivity contribution in [1.29, 1.82) is 0 Å². The summed E-state index contributed by atoms with van der Waals surface area (Å²) in [6.45, 7) is 3.70. The molecule has 0 bridgehead atoms. The van der Waals surface area contributed by atoms with Crippen molar-refractivity contribution in [3.05, 3.63) is 0 Å². The Morgan fingerprint density at radius 2 is 1.94 bits per heavy atom. The van der Waals surface area contributed by atoms with Crippen LogP contribution in [0.25, 0.3) is 0 Å². The van der Waals surface area contributed by atoms with Crippen molar-refractivity contribution >= 4 is 13.6 Å². The SMILES string of the molecule is CCOP(=O)(OCC)[C@H]1[C@@H](O)NC(=O)N1C. The van der Waals surface area contributed by atoms with Gasteiger partial charge in [0.05, 0.1) is 13.2 Å². The highest BCUT2D eigenvalue weighted by Crippen LogP contribution is 2.55. The van der Waals surface area contributed by atoms with Gasteiger partial charge in [0.2, 0.25) is 0 Å². The fourth-order valence-electron chi connectivity index (χ4n) is 1.57. The van der Waals surface area contributed by atoms with Gasteiger partial charge in [-0.15, -0.1) is 0 Å². The number of aliphatic hydroxyl groups excluding tert-OH is 1. The number of amides is 2. The van der Waals surface area contributed by atoms with Crippen molar-refractivity contribution in [1.82, 2.24) is 10.2 Å². The third-order valence-electron chi connectivity index (χ3n) is 2.21. The van der Waals surface area contributed by atoms with Crippen LogP contribution < -0.4 is 5.32 Å². The molecule has 1 saturated heterocycles. The molecule has 8 heteroatoms. The monoisotopic (exact) mass is 252 g/mol. The minimum Gasteiger partial charge on any atom is -0.371 e. The normalized spacial score (nSPS) is 26.0. The average Bonchev–Trinajstić information content (AvgIpc) is 2.42. The maximum absolute atomic E-state index is 12.3. The standard InChI is InChI=1S/C8H17N2O5P/c1-4-14-16(13,15-5-2)7-6(11)9-8(12)10(7)3/h6-7,11H,4-5H2,1-3H3,(H,9,12)/t6-,7+/m1/s1. The molecule has 0 unspecified atom stereocenters. The Bertz CT molecular complexity index is 301. The lowest BCUT2D eigenvalue weighted by Crippen LogP contribution is -2.35. The van der Waals surface area contributed by atoms with Crippen LogP contribution in [0.2, 0.25) is 0 Å². The molecule has 1 aliphatic heterocycles. The van der Waals surface area contributed by atoms with Crippen molar-refractivity contribution in [2.75, 3.05) is 20.3 Å². The van der Waals surface area contributed by atoms with Crippen LogP contribution in [0.4, 0.5) is 4.79 Å². The number of rotatable bonds is 5. The van der Waals surface area contributed by atoms with Crippen molar-refractivity contribution in [2.45, 2.75) is 25.9 Å². The average molecular weight is 252 g/mol. The molecule has 0 aromatic heterocycles. The van der Waals surface area contributed by atoms with Crippen LogP contribution in [0.15, 0.2) is 0 Å². The van der Waals surface area contributed by atoms with Gasteiger partial charge in [-0.3, -0.25) is 4.57 Å². The van der Waals surface area contributed by atoms with Gasteiger partial charge in [-0.1, -0.05) is 0 Å². The molecule has 0 aromatic rings. The smallest absolute Gasteiger partial charge is 0.357 e. The Balaban J connectivity index is 2.94. The van der Waals surface area contributed by atoms with E-state index >= 15 is 0 Å². The van der Waals surface area contributed by atoms with Crippen LogP contribution in [-0.4, -0.2) is 48.3 Å². The maximum atomic E-state index is 12.3. The van der Waals surface area contributed by atoms with E-state index in [0.29, 0.717) is 0 Å². The van der Waals surface area contributed by atoms with E-state index in [2.05, 4.69) is 5.32 Å². The molecule has 1 fully saturated rings. The predicted octanol–water partition coefficient (Wildman–Crippen LogP) is 0.552. The Morgan fingerprint density at radius 3 is 2.25 bits per heavy atom. The molecule has 0 aromatic carbocycles. The van der Waals surface area contributed by atoms with Gasteiger partial charge in [0.25, 0.3) is 0 Å². The van der Waals surface area contributed by atoms with E-state index in [4.69, 9.17) is 9.05 Å². The lowest BCUT2D eigenvalue weighted by Gasteiger charge is -2.27. The largest absolute Gasteiger partial charge is 0.371 e. The number of carbonyl (C=O) groups excluding carboxylic acids is 1. The second-order valence-electron chi connectivity index (χ2n) is 3.29. The molecule has 7 nitrogen and oxygen atoms in total. The Kier molecular flexibility index (Phi) is 4.32. The second-order valence-corrected chi connectivity index (χ2v) is 5.42. The lowest BCUT2D eigenvalue weighted by atomic mass is 10.6. The number of nitrogens with one attached hydrogen (secondary N) is 1. The van der Waals surface area contributed by atoms with E-state index in [1.807, 2.05) is 0 Å². The van der Waals surface area contributed by atoms with E-state index in [1.165, 1.54) is 7.05 Å². The summed E-state index contributed by atoms with van der Waals surface area (Å²) in [6.07, 6.45) is -1.25. The van der Waals surface area contributed by atoms with E-state index in [9.17, 15) is 14.5 Å². The van der Waals surface area contributed by atoms with Crippen LogP contribution in [-0.2, 0) is 13.6 Å². The third-order valence-corrected chi connectivity index (χ3v) is 4.73. The van der Waals surface area contributed by atoms with E-state index in [-0.39, 0.29) is 13.2 Å². The van der Waals surface area contributed by atoms with Crippen molar-refractivity contribution in [3.63, 3.8) is 0 Å². The van der Waals surface area contributed by atoms with Gasteiger partial charge in [0, 0.05) is 7.05 Å². The first-order chi connectivity index (χ1) is 7.46. The fourth-order valence-corrected chi connectivity index (χ4v) is 3.62. The number of urea groups is 1. The zero-order valence-corrected chi connectivity index (χ0v) is 10.4. The van der Waals surface area contributed by atoms with Crippen LogP contribution in [0.3, 0.4) is 0 Å². The van der Waals surface area contributed by atoms with E-state index < -0.39 is 25.6 Å². The third kappa shape index (κ3) is 2.38. The zero-order chi connectivity index (χ0) is 12.3. The molecule has 0 saturated carbocycles. The minimum atomic E-state index is -3.52. The molecule has 2 amide bonds. The van der Waals surface area contributed by atoms with Gasteiger partial charge in [-0.2, -0.15) is 0 Å². The molecule has 1 rings (SSSR count). The number of nitrogens with zero attached hydrogens (tertiary/aromatic N) is 1. The molecule has 16 heavy (non-hydrogen) atoms. The molecule has 0 spiro atoms. The first-order valence-electron chi connectivity index (χ1n) is 5.06.